The van der Waals surface area contributed by atoms with Crippen molar-refractivity contribution in [3.63, 3.8) is 0 Å². The predicted octanol–water partition coefficient (Wildman–Crippen LogP) is 2.66. The lowest BCUT2D eigenvalue weighted by Crippen LogP contribution is -2.52. The number of hydrogen-bond donors (Lipinski definition) is 0. The molecule has 3 heterocycles. The van der Waals surface area contributed by atoms with Crippen molar-refractivity contribution in [3.8, 4) is 0 Å². The average Bonchev–Trinajstić information content (AvgIpc) is 2.39. The van der Waals surface area contributed by atoms with E-state index < -0.39 is 0 Å². The van der Waals surface area contributed by atoms with Gasteiger partial charge in [0.2, 0.25) is 0 Å². The molecule has 0 spiro atoms. The van der Waals surface area contributed by atoms with Crippen LogP contribution in [0.1, 0.15) is 19.3 Å². The Labute approximate surface area is 114 Å². The van der Waals surface area contributed by atoms with Gasteiger partial charge in [0.05, 0.1) is 0 Å². The van der Waals surface area contributed by atoms with Gasteiger partial charge < -0.3 is 9.80 Å². The fraction of sp³-hybridized carbons (Fsp3) is 0.643. The second-order valence-electron chi connectivity index (χ2n) is 5.52. The topological polar surface area (TPSA) is 19.4 Å². The molecule has 2 atom stereocenters. The summed E-state index contributed by atoms with van der Waals surface area (Å²) in [6.07, 6.45) is 5.77. The highest BCUT2D eigenvalue weighted by atomic mass is 35.5. The molecular formula is C14H20ClN3. The van der Waals surface area contributed by atoms with Crippen LogP contribution in [0.5, 0.6) is 0 Å². The van der Waals surface area contributed by atoms with Gasteiger partial charge in [0.1, 0.15) is 5.15 Å². The molecule has 0 saturated carbocycles. The molecule has 1 aromatic heterocycles. The highest BCUT2D eigenvalue weighted by Gasteiger charge is 2.34. The summed E-state index contributed by atoms with van der Waals surface area (Å²) in [6.45, 7) is 3.56. The Bertz CT molecular complexity index is 423. The van der Waals surface area contributed by atoms with E-state index in [2.05, 4.69) is 27.9 Å². The highest BCUT2D eigenvalue weighted by Crippen LogP contribution is 2.32. The van der Waals surface area contributed by atoms with Crippen molar-refractivity contribution in [2.75, 3.05) is 31.6 Å². The number of pyridine rings is 1. The van der Waals surface area contributed by atoms with Crippen LogP contribution < -0.4 is 4.90 Å². The van der Waals surface area contributed by atoms with Gasteiger partial charge in [-0.05, 0) is 50.9 Å². The number of halogens is 1. The van der Waals surface area contributed by atoms with E-state index in [1.54, 1.807) is 6.20 Å². The molecule has 3 nitrogen and oxygen atoms in total. The van der Waals surface area contributed by atoms with Crippen molar-refractivity contribution >= 4 is 17.3 Å². The zero-order valence-electron chi connectivity index (χ0n) is 10.8. The van der Waals surface area contributed by atoms with Gasteiger partial charge in [-0.3, -0.25) is 0 Å². The lowest BCUT2D eigenvalue weighted by Gasteiger charge is -2.46. The molecule has 0 radical (unpaired) electrons. The van der Waals surface area contributed by atoms with Crippen LogP contribution >= 0.6 is 11.6 Å². The fourth-order valence-electron chi connectivity index (χ4n) is 3.48. The normalized spacial score (nSPS) is 29.1. The lowest BCUT2D eigenvalue weighted by atomic mass is 9.84. The third-order valence-electron chi connectivity index (χ3n) is 4.42. The van der Waals surface area contributed by atoms with Crippen molar-refractivity contribution in [3.05, 3.63) is 23.5 Å². The van der Waals surface area contributed by atoms with Gasteiger partial charge in [-0.15, -0.1) is 0 Å². The van der Waals surface area contributed by atoms with Crippen molar-refractivity contribution in [2.24, 2.45) is 5.92 Å². The Morgan fingerprint density at radius 1 is 1.33 bits per heavy atom. The van der Waals surface area contributed by atoms with Crippen LogP contribution in [-0.2, 0) is 0 Å². The van der Waals surface area contributed by atoms with Crippen molar-refractivity contribution in [1.82, 2.24) is 9.88 Å². The maximum atomic E-state index is 5.98. The first-order valence-corrected chi connectivity index (χ1v) is 7.18. The molecule has 0 N–H and O–H groups in total. The lowest BCUT2D eigenvalue weighted by molar-refractivity contribution is 0.102. The number of piperidine rings is 2. The van der Waals surface area contributed by atoms with E-state index in [0.29, 0.717) is 5.15 Å². The van der Waals surface area contributed by atoms with Crippen LogP contribution in [0.15, 0.2) is 18.3 Å². The molecule has 2 unspecified atom stereocenters. The minimum Gasteiger partial charge on any atom is -0.371 e. The molecule has 18 heavy (non-hydrogen) atoms. The van der Waals surface area contributed by atoms with Gasteiger partial charge in [-0.1, -0.05) is 11.6 Å². The van der Waals surface area contributed by atoms with Crippen LogP contribution in [-0.4, -0.2) is 42.6 Å². The smallest absolute Gasteiger partial charge is 0.131 e. The third-order valence-corrected chi connectivity index (χ3v) is 4.63. The van der Waals surface area contributed by atoms with Crippen LogP contribution in [0, 0.1) is 5.92 Å². The molecule has 98 valence electrons. The fourth-order valence-corrected chi connectivity index (χ4v) is 3.64. The van der Waals surface area contributed by atoms with Crippen LogP contribution in [0.25, 0.3) is 0 Å². The van der Waals surface area contributed by atoms with Gasteiger partial charge in [0, 0.05) is 31.0 Å². The molecule has 0 aliphatic carbocycles. The summed E-state index contributed by atoms with van der Waals surface area (Å²) in [7, 11) is 2.27. The molecular weight excluding hydrogens is 246 g/mol. The number of nitrogens with zero attached hydrogens (tertiary/aromatic N) is 3. The largest absolute Gasteiger partial charge is 0.371 e. The number of aromatic nitrogens is 1. The van der Waals surface area contributed by atoms with E-state index in [-0.39, 0.29) is 0 Å². The van der Waals surface area contributed by atoms with Crippen molar-refractivity contribution in [1.29, 1.82) is 0 Å². The van der Waals surface area contributed by atoms with Gasteiger partial charge in [0.15, 0.2) is 0 Å². The molecule has 0 amide bonds. The summed E-state index contributed by atoms with van der Waals surface area (Å²) in [5.41, 5.74) is 1.22. The maximum absolute atomic E-state index is 5.98. The Hall–Kier alpha value is -0.800. The highest BCUT2D eigenvalue weighted by molar-refractivity contribution is 6.29. The average molecular weight is 266 g/mol. The Kier molecular flexibility index (Phi) is 3.44. The second kappa shape index (κ2) is 5.06. The zero-order chi connectivity index (χ0) is 12.5. The van der Waals surface area contributed by atoms with E-state index >= 15 is 0 Å². The first-order valence-electron chi connectivity index (χ1n) is 6.81. The molecule has 0 aromatic carbocycles. The van der Waals surface area contributed by atoms with Crippen molar-refractivity contribution < 1.29 is 0 Å². The quantitative estimate of drug-likeness (QED) is 0.728. The van der Waals surface area contributed by atoms with E-state index in [4.69, 9.17) is 11.6 Å². The minimum absolute atomic E-state index is 0.593. The summed E-state index contributed by atoms with van der Waals surface area (Å²) < 4.78 is 0. The molecule has 4 heteroatoms. The van der Waals surface area contributed by atoms with E-state index in [1.165, 1.54) is 31.5 Å². The molecule has 0 bridgehead atoms. The van der Waals surface area contributed by atoms with E-state index in [9.17, 15) is 0 Å². The van der Waals surface area contributed by atoms with Crippen molar-refractivity contribution in [2.45, 2.75) is 25.3 Å². The summed E-state index contributed by atoms with van der Waals surface area (Å²) >= 11 is 5.98. The molecule has 2 fully saturated rings. The van der Waals surface area contributed by atoms with Gasteiger partial charge in [0.25, 0.3) is 0 Å². The summed E-state index contributed by atoms with van der Waals surface area (Å²) in [6, 6.07) is 4.83. The Morgan fingerprint density at radius 3 is 3.06 bits per heavy atom. The van der Waals surface area contributed by atoms with E-state index in [1.807, 2.05) is 6.07 Å². The minimum atomic E-state index is 0.593. The van der Waals surface area contributed by atoms with Crippen LogP contribution in [0.4, 0.5) is 5.69 Å². The van der Waals surface area contributed by atoms with Gasteiger partial charge in [-0.25, -0.2) is 4.98 Å². The second-order valence-corrected chi connectivity index (χ2v) is 5.91. The molecule has 2 saturated heterocycles. The number of rotatable bonds is 1. The predicted molar refractivity (Wildman–Crippen MR) is 75.2 cm³/mol. The molecule has 1 aromatic rings. The van der Waals surface area contributed by atoms with Crippen LogP contribution in [0.2, 0.25) is 5.15 Å². The Morgan fingerprint density at radius 2 is 2.22 bits per heavy atom. The Balaban J connectivity index is 1.74. The third kappa shape index (κ3) is 2.34. The first-order chi connectivity index (χ1) is 8.74. The summed E-state index contributed by atoms with van der Waals surface area (Å²) in [5.74, 6) is 0.810. The molecule has 2 aliphatic rings. The first kappa shape index (κ1) is 12.2. The van der Waals surface area contributed by atoms with E-state index in [0.717, 1.165) is 25.0 Å². The SMILES string of the molecule is CN1CCCC2CN(c3ccnc(Cl)c3)CCC21. The molecule has 3 rings (SSSR count). The number of anilines is 1. The standard InChI is InChI=1S/C14H20ClN3/c1-17-7-2-3-11-10-18(8-5-13(11)17)12-4-6-16-14(15)9-12/h4,6,9,11,13H,2-3,5,7-8,10H2,1H3. The number of hydrogen-bond acceptors (Lipinski definition) is 3. The zero-order valence-corrected chi connectivity index (χ0v) is 11.6. The molecule has 2 aliphatic heterocycles. The van der Waals surface area contributed by atoms with Gasteiger partial charge >= 0.3 is 0 Å². The summed E-state index contributed by atoms with van der Waals surface area (Å²) in [4.78, 5) is 9.07. The van der Waals surface area contributed by atoms with Gasteiger partial charge in [-0.2, -0.15) is 0 Å². The summed E-state index contributed by atoms with van der Waals surface area (Å²) in [5, 5.41) is 0.593. The maximum Gasteiger partial charge on any atom is 0.131 e. The van der Waals surface area contributed by atoms with Crippen LogP contribution in [0.3, 0.4) is 0 Å². The number of likely N-dealkylation sites (tertiary alicyclic amines) is 1. The monoisotopic (exact) mass is 265 g/mol. The number of fused-ring (bicyclic) bond motifs is 1.